The maximum Gasteiger partial charge on any atom is 0.255 e. The van der Waals surface area contributed by atoms with Crippen molar-refractivity contribution < 1.29 is 9.59 Å². The van der Waals surface area contributed by atoms with Crippen LogP contribution < -0.4 is 16.4 Å². The Morgan fingerprint density at radius 2 is 1.84 bits per heavy atom. The number of carbonyl (C=O) groups excluding carboxylic acids is 2. The van der Waals surface area contributed by atoms with Crippen LogP contribution in [-0.4, -0.2) is 42.4 Å². The molecule has 1 heterocycles. The highest BCUT2D eigenvalue weighted by atomic mass is 16.2. The van der Waals surface area contributed by atoms with Gasteiger partial charge in [0.2, 0.25) is 0 Å². The van der Waals surface area contributed by atoms with Crippen molar-refractivity contribution in [3.63, 3.8) is 0 Å². The van der Waals surface area contributed by atoms with Crippen molar-refractivity contribution in [2.24, 2.45) is 5.73 Å². The molecule has 31 heavy (non-hydrogen) atoms. The molecule has 3 rings (SSSR count). The molecule has 0 saturated carbocycles. The second kappa shape index (κ2) is 9.52. The molecule has 0 radical (unpaired) electrons. The molecule has 2 amide bonds. The highest BCUT2D eigenvalue weighted by Crippen LogP contribution is 2.25. The predicted molar refractivity (Wildman–Crippen MR) is 127 cm³/mol. The van der Waals surface area contributed by atoms with Crippen LogP contribution in [0.2, 0.25) is 0 Å². The number of rotatable bonds is 6. The molecule has 1 unspecified atom stereocenters. The molecule has 0 spiro atoms. The summed E-state index contributed by atoms with van der Waals surface area (Å²) >= 11 is 0. The number of primary amides is 1. The van der Waals surface area contributed by atoms with Gasteiger partial charge in [0.1, 0.15) is 0 Å². The second-order valence-electron chi connectivity index (χ2n) is 9.28. The lowest BCUT2D eigenvalue weighted by Gasteiger charge is -2.33. The van der Waals surface area contributed by atoms with E-state index in [9.17, 15) is 9.59 Å². The monoisotopic (exact) mass is 422 g/mol. The van der Waals surface area contributed by atoms with Crippen LogP contribution >= 0.6 is 0 Å². The van der Waals surface area contributed by atoms with E-state index in [0.29, 0.717) is 22.5 Å². The average molecular weight is 423 g/mol. The maximum atomic E-state index is 12.7. The third-order valence-corrected chi connectivity index (χ3v) is 5.87. The van der Waals surface area contributed by atoms with Gasteiger partial charge >= 0.3 is 0 Å². The van der Waals surface area contributed by atoms with Crippen molar-refractivity contribution >= 4 is 23.2 Å². The summed E-state index contributed by atoms with van der Waals surface area (Å²) in [6, 6.07) is 13.1. The summed E-state index contributed by atoms with van der Waals surface area (Å²) in [5, 5.41) is 6.42. The highest BCUT2D eigenvalue weighted by molar-refractivity contribution is 6.05. The van der Waals surface area contributed by atoms with Crippen LogP contribution in [0.3, 0.4) is 0 Å². The van der Waals surface area contributed by atoms with Gasteiger partial charge in [0, 0.05) is 29.5 Å². The number of benzene rings is 2. The van der Waals surface area contributed by atoms with Gasteiger partial charge in [-0.2, -0.15) is 0 Å². The van der Waals surface area contributed by atoms with Crippen molar-refractivity contribution in [1.82, 2.24) is 4.90 Å². The molecule has 1 atom stereocenters. The average Bonchev–Trinajstić information content (AvgIpc) is 2.73. The van der Waals surface area contributed by atoms with E-state index in [2.05, 4.69) is 43.2 Å². The number of piperidine rings is 1. The van der Waals surface area contributed by atoms with E-state index in [1.165, 1.54) is 5.56 Å². The SMILES string of the molecule is CCN1CCCC(Nc2cc(NC(=O)c3ccc(C(C)(C)C)cc3)ccc2C(N)=O)C1. The predicted octanol–water partition coefficient (Wildman–Crippen LogP) is 4.23. The van der Waals surface area contributed by atoms with Gasteiger partial charge in [-0.1, -0.05) is 39.8 Å². The number of anilines is 2. The molecule has 0 bridgehead atoms. The highest BCUT2D eigenvalue weighted by Gasteiger charge is 2.21. The Morgan fingerprint density at radius 1 is 1.13 bits per heavy atom. The van der Waals surface area contributed by atoms with Gasteiger partial charge in [-0.3, -0.25) is 9.59 Å². The Morgan fingerprint density at radius 3 is 2.45 bits per heavy atom. The molecule has 2 aromatic rings. The lowest BCUT2D eigenvalue weighted by atomic mass is 9.87. The minimum absolute atomic E-state index is 0.0344. The second-order valence-corrected chi connectivity index (χ2v) is 9.28. The molecule has 2 aromatic carbocycles. The van der Waals surface area contributed by atoms with Crippen molar-refractivity contribution in [2.75, 3.05) is 30.3 Å². The number of likely N-dealkylation sites (N-methyl/N-ethyl adjacent to an activating group) is 1. The molecular weight excluding hydrogens is 388 g/mol. The molecule has 6 nitrogen and oxygen atoms in total. The fraction of sp³-hybridized carbons (Fsp3) is 0.440. The Kier molecular flexibility index (Phi) is 7.01. The molecule has 0 aromatic heterocycles. The first-order chi connectivity index (χ1) is 14.7. The van der Waals surface area contributed by atoms with E-state index in [-0.39, 0.29) is 17.4 Å². The number of likely N-dealkylation sites (tertiary alicyclic amines) is 1. The summed E-state index contributed by atoms with van der Waals surface area (Å²) in [6.07, 6.45) is 2.14. The lowest BCUT2D eigenvalue weighted by molar-refractivity contribution is 0.0998. The van der Waals surface area contributed by atoms with Crippen LogP contribution in [0.1, 0.15) is 66.8 Å². The zero-order chi connectivity index (χ0) is 22.6. The Labute approximate surface area is 185 Å². The number of hydrogen-bond acceptors (Lipinski definition) is 4. The van der Waals surface area contributed by atoms with Gasteiger partial charge in [-0.15, -0.1) is 0 Å². The summed E-state index contributed by atoms with van der Waals surface area (Å²) in [5.41, 5.74) is 9.11. The lowest BCUT2D eigenvalue weighted by Crippen LogP contribution is -2.42. The van der Waals surface area contributed by atoms with Crippen LogP contribution in [0.5, 0.6) is 0 Å². The van der Waals surface area contributed by atoms with Crippen LogP contribution in [0.25, 0.3) is 0 Å². The number of nitrogens with zero attached hydrogens (tertiary/aromatic N) is 1. The first-order valence-corrected chi connectivity index (χ1v) is 11.0. The topological polar surface area (TPSA) is 87.5 Å². The van der Waals surface area contributed by atoms with Gasteiger partial charge in [0.05, 0.1) is 5.56 Å². The van der Waals surface area contributed by atoms with E-state index in [1.54, 1.807) is 18.2 Å². The summed E-state index contributed by atoms with van der Waals surface area (Å²) < 4.78 is 0. The molecule has 166 valence electrons. The number of amides is 2. The number of carbonyl (C=O) groups is 2. The first-order valence-electron chi connectivity index (χ1n) is 11.0. The summed E-state index contributed by atoms with van der Waals surface area (Å²) in [4.78, 5) is 27.1. The van der Waals surface area contributed by atoms with E-state index < -0.39 is 5.91 Å². The Hall–Kier alpha value is -2.86. The summed E-state index contributed by atoms with van der Waals surface area (Å²) in [5.74, 6) is -0.672. The zero-order valence-corrected chi connectivity index (χ0v) is 19.0. The van der Waals surface area contributed by atoms with Gasteiger partial charge in [-0.05, 0) is 67.2 Å². The van der Waals surface area contributed by atoms with Gasteiger partial charge in [0.15, 0.2) is 0 Å². The molecule has 0 aliphatic carbocycles. The van der Waals surface area contributed by atoms with Crippen LogP contribution in [0, 0.1) is 0 Å². The van der Waals surface area contributed by atoms with E-state index in [0.717, 1.165) is 32.5 Å². The number of nitrogens with two attached hydrogens (primary N) is 1. The fourth-order valence-electron chi connectivity index (χ4n) is 3.96. The molecule has 1 fully saturated rings. The Balaban J connectivity index is 1.76. The minimum atomic E-state index is -0.485. The van der Waals surface area contributed by atoms with Crippen molar-refractivity contribution in [3.05, 3.63) is 59.2 Å². The molecule has 1 aliphatic rings. The maximum absolute atomic E-state index is 12.7. The van der Waals surface area contributed by atoms with Gasteiger partial charge in [0.25, 0.3) is 11.8 Å². The Bertz CT molecular complexity index is 932. The third-order valence-electron chi connectivity index (χ3n) is 5.87. The first kappa shape index (κ1) is 22.8. The minimum Gasteiger partial charge on any atom is -0.380 e. The normalized spacial score (nSPS) is 17.2. The third kappa shape index (κ3) is 5.85. The van der Waals surface area contributed by atoms with Crippen molar-refractivity contribution in [3.8, 4) is 0 Å². The fourth-order valence-corrected chi connectivity index (χ4v) is 3.96. The zero-order valence-electron chi connectivity index (χ0n) is 19.0. The molecule has 1 saturated heterocycles. The molecule has 6 heteroatoms. The standard InChI is InChI=1S/C25H34N4O2/c1-5-29-14-6-7-20(16-29)27-22-15-19(12-13-21(22)23(26)30)28-24(31)17-8-10-18(11-9-17)25(2,3)4/h8-13,15,20,27H,5-7,14,16H2,1-4H3,(H2,26,30)(H,28,31). The van der Waals surface area contributed by atoms with Crippen LogP contribution in [0.4, 0.5) is 11.4 Å². The molecule has 4 N–H and O–H groups in total. The van der Waals surface area contributed by atoms with E-state index >= 15 is 0 Å². The van der Waals surface area contributed by atoms with Crippen molar-refractivity contribution in [1.29, 1.82) is 0 Å². The van der Waals surface area contributed by atoms with E-state index in [4.69, 9.17) is 5.73 Å². The molecular formula is C25H34N4O2. The quantitative estimate of drug-likeness (QED) is 0.650. The molecule has 1 aliphatic heterocycles. The van der Waals surface area contributed by atoms with Gasteiger partial charge < -0.3 is 21.3 Å². The smallest absolute Gasteiger partial charge is 0.255 e. The summed E-state index contributed by atoms with van der Waals surface area (Å²) in [7, 11) is 0. The summed E-state index contributed by atoms with van der Waals surface area (Å²) in [6.45, 7) is 11.6. The largest absolute Gasteiger partial charge is 0.380 e. The van der Waals surface area contributed by atoms with Crippen molar-refractivity contribution in [2.45, 2.75) is 52.0 Å². The van der Waals surface area contributed by atoms with Crippen LogP contribution in [-0.2, 0) is 5.41 Å². The number of hydrogen-bond donors (Lipinski definition) is 3. The van der Waals surface area contributed by atoms with E-state index in [1.807, 2.05) is 24.3 Å². The number of nitrogens with one attached hydrogen (secondary N) is 2. The van der Waals surface area contributed by atoms with Crippen LogP contribution in [0.15, 0.2) is 42.5 Å². The van der Waals surface area contributed by atoms with Gasteiger partial charge in [-0.25, -0.2) is 0 Å².